The molecule has 4 heteroatoms. The van der Waals surface area contributed by atoms with Crippen molar-refractivity contribution in [1.82, 2.24) is 10.2 Å². The summed E-state index contributed by atoms with van der Waals surface area (Å²) in [5.74, 6) is 0.665. The highest BCUT2D eigenvalue weighted by atomic mass is 16.2. The largest absolute Gasteiger partial charge is 0.347 e. The number of hydrogen-bond donors (Lipinski definition) is 1. The number of nitrogens with zero attached hydrogens (tertiary/aromatic N) is 1. The zero-order chi connectivity index (χ0) is 15.8. The molecule has 1 N–H and O–H groups in total. The Bertz CT molecular complexity index is 479. The van der Waals surface area contributed by atoms with Gasteiger partial charge in [-0.05, 0) is 37.2 Å². The first-order valence-electron chi connectivity index (χ1n) is 8.27. The van der Waals surface area contributed by atoms with Crippen LogP contribution in [0.2, 0.25) is 0 Å². The predicted octanol–water partition coefficient (Wildman–Crippen LogP) is 2.38. The second-order valence-electron chi connectivity index (χ2n) is 6.04. The summed E-state index contributed by atoms with van der Waals surface area (Å²) < 4.78 is 0. The van der Waals surface area contributed by atoms with Gasteiger partial charge in [-0.25, -0.2) is 0 Å². The van der Waals surface area contributed by atoms with Crippen LogP contribution in [-0.2, 0) is 16.0 Å². The molecule has 1 aromatic rings. The van der Waals surface area contributed by atoms with Crippen molar-refractivity contribution in [2.75, 3.05) is 19.6 Å². The summed E-state index contributed by atoms with van der Waals surface area (Å²) in [7, 11) is 0. The molecule has 1 aromatic carbocycles. The van der Waals surface area contributed by atoms with Gasteiger partial charge in [0.05, 0.1) is 6.54 Å². The van der Waals surface area contributed by atoms with Gasteiger partial charge in [0.15, 0.2) is 0 Å². The summed E-state index contributed by atoms with van der Waals surface area (Å²) in [5.41, 5.74) is 1.37. The minimum absolute atomic E-state index is 0.0326. The molecular weight excluding hydrogens is 276 g/mol. The fourth-order valence-electron chi connectivity index (χ4n) is 2.94. The molecule has 1 aliphatic heterocycles. The van der Waals surface area contributed by atoms with Crippen LogP contribution in [0, 0.1) is 5.92 Å². The molecule has 0 bridgehead atoms. The summed E-state index contributed by atoms with van der Waals surface area (Å²) in [6, 6.07) is 10.5. The lowest BCUT2D eigenvalue weighted by Gasteiger charge is -2.32. The Morgan fingerprint density at radius 3 is 2.50 bits per heavy atom. The zero-order valence-electron chi connectivity index (χ0n) is 13.4. The van der Waals surface area contributed by atoms with Gasteiger partial charge in [-0.15, -0.1) is 0 Å². The Hall–Kier alpha value is -1.84. The minimum Gasteiger partial charge on any atom is -0.347 e. The highest BCUT2D eigenvalue weighted by Gasteiger charge is 2.22. The average molecular weight is 302 g/mol. The molecule has 120 valence electrons. The molecule has 0 radical (unpaired) electrons. The SMILES string of the molecule is CCCC(=O)NCC(=O)N1CCC(Cc2ccccc2)CC1. The maximum absolute atomic E-state index is 12.1. The first-order valence-corrected chi connectivity index (χ1v) is 8.27. The highest BCUT2D eigenvalue weighted by Crippen LogP contribution is 2.21. The number of carbonyl (C=O) groups excluding carboxylic acids is 2. The normalized spacial score (nSPS) is 15.6. The fourth-order valence-corrected chi connectivity index (χ4v) is 2.94. The van der Waals surface area contributed by atoms with Gasteiger partial charge in [0.1, 0.15) is 0 Å². The van der Waals surface area contributed by atoms with E-state index in [1.165, 1.54) is 5.56 Å². The molecule has 2 rings (SSSR count). The maximum Gasteiger partial charge on any atom is 0.241 e. The number of rotatable bonds is 6. The summed E-state index contributed by atoms with van der Waals surface area (Å²) in [6.07, 6.45) is 4.49. The van der Waals surface area contributed by atoms with Gasteiger partial charge in [-0.2, -0.15) is 0 Å². The number of nitrogens with one attached hydrogen (secondary N) is 1. The van der Waals surface area contributed by atoms with E-state index in [1.54, 1.807) is 0 Å². The van der Waals surface area contributed by atoms with Crippen LogP contribution >= 0.6 is 0 Å². The van der Waals surface area contributed by atoms with Gasteiger partial charge >= 0.3 is 0 Å². The molecule has 1 saturated heterocycles. The Balaban J connectivity index is 1.70. The topological polar surface area (TPSA) is 49.4 Å². The molecule has 0 atom stereocenters. The molecule has 0 aliphatic carbocycles. The first kappa shape index (κ1) is 16.5. The number of amides is 2. The molecule has 1 fully saturated rings. The van der Waals surface area contributed by atoms with Crippen molar-refractivity contribution in [2.45, 2.75) is 39.0 Å². The maximum atomic E-state index is 12.1. The lowest BCUT2D eigenvalue weighted by molar-refractivity contribution is -0.134. The standard InChI is InChI=1S/C18H26N2O2/c1-2-6-17(21)19-14-18(22)20-11-9-16(10-12-20)13-15-7-4-3-5-8-15/h3-5,7-8,16H,2,6,9-14H2,1H3,(H,19,21). The summed E-state index contributed by atoms with van der Waals surface area (Å²) in [4.78, 5) is 25.4. The van der Waals surface area contributed by atoms with E-state index in [9.17, 15) is 9.59 Å². The minimum atomic E-state index is -0.0326. The smallest absolute Gasteiger partial charge is 0.241 e. The van der Waals surface area contributed by atoms with Crippen molar-refractivity contribution in [3.8, 4) is 0 Å². The van der Waals surface area contributed by atoms with E-state index in [1.807, 2.05) is 17.9 Å². The van der Waals surface area contributed by atoms with Gasteiger partial charge in [0, 0.05) is 19.5 Å². The molecule has 2 amide bonds. The van der Waals surface area contributed by atoms with E-state index in [-0.39, 0.29) is 18.4 Å². The van der Waals surface area contributed by atoms with Crippen molar-refractivity contribution in [3.63, 3.8) is 0 Å². The average Bonchev–Trinajstić information content (AvgIpc) is 2.54. The van der Waals surface area contributed by atoms with E-state index in [2.05, 4.69) is 29.6 Å². The van der Waals surface area contributed by atoms with E-state index >= 15 is 0 Å². The molecule has 0 unspecified atom stereocenters. The van der Waals surface area contributed by atoms with Crippen LogP contribution in [0.5, 0.6) is 0 Å². The Kier molecular flexibility index (Phi) is 6.44. The third kappa shape index (κ3) is 5.17. The molecule has 0 spiro atoms. The molecule has 1 heterocycles. The Labute approximate surface area is 132 Å². The number of likely N-dealkylation sites (tertiary alicyclic amines) is 1. The van der Waals surface area contributed by atoms with Crippen LogP contribution in [0.3, 0.4) is 0 Å². The lowest BCUT2D eigenvalue weighted by Crippen LogP contribution is -2.44. The highest BCUT2D eigenvalue weighted by molar-refractivity contribution is 5.84. The van der Waals surface area contributed by atoms with E-state index in [0.717, 1.165) is 38.8 Å². The van der Waals surface area contributed by atoms with Gasteiger partial charge in [-0.3, -0.25) is 9.59 Å². The quantitative estimate of drug-likeness (QED) is 0.877. The third-order valence-electron chi connectivity index (χ3n) is 4.25. The van der Waals surface area contributed by atoms with Crippen LogP contribution in [0.4, 0.5) is 0 Å². The van der Waals surface area contributed by atoms with E-state index in [4.69, 9.17) is 0 Å². The predicted molar refractivity (Wildman–Crippen MR) is 87.4 cm³/mol. The second kappa shape index (κ2) is 8.57. The van der Waals surface area contributed by atoms with E-state index < -0.39 is 0 Å². The fraction of sp³-hybridized carbons (Fsp3) is 0.556. The number of carbonyl (C=O) groups is 2. The van der Waals surface area contributed by atoms with Gasteiger partial charge in [0.25, 0.3) is 0 Å². The van der Waals surface area contributed by atoms with Gasteiger partial charge in [-0.1, -0.05) is 37.3 Å². The Morgan fingerprint density at radius 2 is 1.86 bits per heavy atom. The first-order chi connectivity index (χ1) is 10.7. The van der Waals surface area contributed by atoms with Crippen molar-refractivity contribution in [2.24, 2.45) is 5.92 Å². The second-order valence-corrected chi connectivity index (χ2v) is 6.04. The monoisotopic (exact) mass is 302 g/mol. The Morgan fingerprint density at radius 1 is 1.18 bits per heavy atom. The van der Waals surface area contributed by atoms with Crippen molar-refractivity contribution in [3.05, 3.63) is 35.9 Å². The van der Waals surface area contributed by atoms with Crippen LogP contribution < -0.4 is 5.32 Å². The van der Waals surface area contributed by atoms with Crippen LogP contribution in [0.1, 0.15) is 38.2 Å². The molecule has 22 heavy (non-hydrogen) atoms. The van der Waals surface area contributed by atoms with Crippen molar-refractivity contribution < 1.29 is 9.59 Å². The molecule has 0 aromatic heterocycles. The third-order valence-corrected chi connectivity index (χ3v) is 4.25. The van der Waals surface area contributed by atoms with Crippen LogP contribution in [0.25, 0.3) is 0 Å². The number of hydrogen-bond acceptors (Lipinski definition) is 2. The zero-order valence-corrected chi connectivity index (χ0v) is 13.4. The number of piperidine rings is 1. The molecule has 4 nitrogen and oxygen atoms in total. The van der Waals surface area contributed by atoms with Crippen LogP contribution in [-0.4, -0.2) is 36.3 Å². The van der Waals surface area contributed by atoms with Gasteiger partial charge in [0.2, 0.25) is 11.8 Å². The van der Waals surface area contributed by atoms with E-state index in [0.29, 0.717) is 12.3 Å². The summed E-state index contributed by atoms with van der Waals surface area (Å²) in [6.45, 7) is 3.71. The van der Waals surface area contributed by atoms with Crippen molar-refractivity contribution in [1.29, 1.82) is 0 Å². The lowest BCUT2D eigenvalue weighted by atomic mass is 9.90. The summed E-state index contributed by atoms with van der Waals surface area (Å²) in [5, 5.41) is 2.70. The molecule has 0 saturated carbocycles. The van der Waals surface area contributed by atoms with Crippen molar-refractivity contribution >= 4 is 11.8 Å². The van der Waals surface area contributed by atoms with Gasteiger partial charge < -0.3 is 10.2 Å². The van der Waals surface area contributed by atoms with Crippen LogP contribution in [0.15, 0.2) is 30.3 Å². The summed E-state index contributed by atoms with van der Waals surface area (Å²) >= 11 is 0. The number of benzene rings is 1. The molecular formula is C18H26N2O2. The molecule has 1 aliphatic rings.